The first kappa shape index (κ1) is 27.4. The Hall–Kier alpha value is -3.21. The summed E-state index contributed by atoms with van der Waals surface area (Å²) in [5, 5.41) is 2.10. The fourth-order valence-corrected chi connectivity index (χ4v) is 4.30. The molecule has 0 unspecified atom stereocenters. The Bertz CT molecular complexity index is 1130. The van der Waals surface area contributed by atoms with Crippen molar-refractivity contribution in [2.75, 3.05) is 13.1 Å². The number of alkyl halides is 3. The van der Waals surface area contributed by atoms with Crippen LogP contribution in [0.4, 0.5) is 17.6 Å². The van der Waals surface area contributed by atoms with E-state index >= 15 is 0 Å². The number of carbonyl (C=O) groups excluding carboxylic acids is 3. The Morgan fingerprint density at radius 2 is 1.89 bits per heavy atom. The van der Waals surface area contributed by atoms with E-state index in [4.69, 9.17) is 11.6 Å². The van der Waals surface area contributed by atoms with Crippen LogP contribution < -0.4 is 5.32 Å². The van der Waals surface area contributed by atoms with Gasteiger partial charge in [0.2, 0.25) is 5.91 Å². The minimum absolute atomic E-state index is 0.149. The van der Waals surface area contributed by atoms with Crippen molar-refractivity contribution in [3.63, 3.8) is 0 Å². The zero-order chi connectivity index (χ0) is 26.8. The van der Waals surface area contributed by atoms with Gasteiger partial charge in [-0.15, -0.1) is 0 Å². The lowest BCUT2D eigenvalue weighted by atomic mass is 9.96. The van der Waals surface area contributed by atoms with E-state index in [2.05, 4.69) is 16.9 Å². The number of rotatable bonds is 5. The van der Waals surface area contributed by atoms with E-state index in [0.29, 0.717) is 0 Å². The molecular weight excluding hydrogens is 504 g/mol. The summed E-state index contributed by atoms with van der Waals surface area (Å²) in [6.07, 6.45) is -1.32. The molecule has 1 aromatic rings. The Labute approximate surface area is 210 Å². The smallest absolute Gasteiger partial charge is 0.335 e. The van der Waals surface area contributed by atoms with E-state index in [1.54, 1.807) is 6.92 Å². The molecule has 2 atom stereocenters. The maximum atomic E-state index is 13.8. The van der Waals surface area contributed by atoms with E-state index in [9.17, 15) is 31.9 Å². The molecule has 1 saturated heterocycles. The van der Waals surface area contributed by atoms with Crippen LogP contribution in [0.3, 0.4) is 0 Å². The average Bonchev–Trinajstić information content (AvgIpc) is 3.64. The lowest BCUT2D eigenvalue weighted by molar-refractivity contribution is -0.201. The Balaban J connectivity index is 1.94. The SMILES string of the molecule is C=C/C(=C\N=CC)NC(=O)C(=O)N1C[C@@H](C)N(C(=O)C2(C(F)(F)F)CC2)C[C@@H]1c1ccc(F)c(Cl)c1. The van der Waals surface area contributed by atoms with Crippen LogP contribution in [0.1, 0.15) is 38.3 Å². The van der Waals surface area contributed by atoms with Crippen molar-refractivity contribution in [1.29, 1.82) is 0 Å². The largest absolute Gasteiger partial charge is 0.403 e. The van der Waals surface area contributed by atoms with Crippen molar-refractivity contribution in [3.8, 4) is 0 Å². The molecule has 0 aromatic heterocycles. The van der Waals surface area contributed by atoms with E-state index in [1.165, 1.54) is 37.5 Å². The highest BCUT2D eigenvalue weighted by molar-refractivity contribution is 6.35. The number of hydrogen-bond donors (Lipinski definition) is 1. The van der Waals surface area contributed by atoms with Crippen LogP contribution in [-0.2, 0) is 14.4 Å². The second-order valence-corrected chi connectivity index (χ2v) is 9.09. The van der Waals surface area contributed by atoms with Crippen LogP contribution in [0.2, 0.25) is 5.02 Å². The Kier molecular flexibility index (Phi) is 7.92. The van der Waals surface area contributed by atoms with Crippen LogP contribution >= 0.6 is 11.6 Å². The van der Waals surface area contributed by atoms with Crippen LogP contribution in [0.5, 0.6) is 0 Å². The minimum atomic E-state index is -4.71. The normalized spacial score (nSPS) is 21.9. The van der Waals surface area contributed by atoms with Gasteiger partial charge >= 0.3 is 18.0 Å². The summed E-state index contributed by atoms with van der Waals surface area (Å²) in [4.78, 5) is 45.0. The van der Waals surface area contributed by atoms with Crippen molar-refractivity contribution >= 4 is 35.5 Å². The van der Waals surface area contributed by atoms with Gasteiger partial charge in [0.25, 0.3) is 0 Å². The summed E-state index contributed by atoms with van der Waals surface area (Å²) < 4.78 is 54.8. The second-order valence-electron chi connectivity index (χ2n) is 8.68. The fraction of sp³-hybridized carbons (Fsp3) is 0.417. The van der Waals surface area contributed by atoms with Crippen molar-refractivity contribution in [1.82, 2.24) is 15.1 Å². The van der Waals surface area contributed by atoms with Crippen molar-refractivity contribution in [3.05, 3.63) is 59.2 Å². The number of piperazine rings is 1. The zero-order valence-corrected chi connectivity index (χ0v) is 20.4. The summed E-state index contributed by atoms with van der Waals surface area (Å²) in [7, 11) is 0. The molecule has 1 aliphatic carbocycles. The van der Waals surface area contributed by atoms with Gasteiger partial charge in [-0.1, -0.05) is 24.2 Å². The number of nitrogens with one attached hydrogen (secondary N) is 1. The molecule has 3 amide bonds. The highest BCUT2D eigenvalue weighted by Gasteiger charge is 2.70. The molecule has 0 bridgehead atoms. The first-order valence-electron chi connectivity index (χ1n) is 11.1. The van der Waals surface area contributed by atoms with E-state index in [-0.39, 0.29) is 42.2 Å². The Morgan fingerprint density at radius 1 is 1.22 bits per heavy atom. The molecule has 1 aromatic carbocycles. The molecule has 194 valence electrons. The molecule has 1 saturated carbocycles. The third-order valence-electron chi connectivity index (χ3n) is 6.33. The average molecular weight is 529 g/mol. The van der Waals surface area contributed by atoms with E-state index in [0.717, 1.165) is 15.9 Å². The topological polar surface area (TPSA) is 82.1 Å². The number of aliphatic imine (C=N–C) groups is 1. The van der Waals surface area contributed by atoms with Gasteiger partial charge in [0, 0.05) is 31.5 Å². The fourth-order valence-electron chi connectivity index (χ4n) is 4.11. The van der Waals surface area contributed by atoms with Gasteiger partial charge in [0.1, 0.15) is 11.2 Å². The monoisotopic (exact) mass is 528 g/mol. The number of nitrogens with zero attached hydrogens (tertiary/aromatic N) is 3. The summed E-state index contributed by atoms with van der Waals surface area (Å²) >= 11 is 5.91. The third-order valence-corrected chi connectivity index (χ3v) is 6.62. The molecule has 1 aliphatic heterocycles. The molecule has 7 nitrogen and oxygen atoms in total. The highest BCUT2D eigenvalue weighted by atomic mass is 35.5. The van der Waals surface area contributed by atoms with Gasteiger partial charge in [-0.2, -0.15) is 13.2 Å². The molecule has 0 spiro atoms. The molecule has 2 aliphatic rings. The lowest BCUT2D eigenvalue weighted by Gasteiger charge is -2.46. The van der Waals surface area contributed by atoms with E-state index < -0.39 is 47.2 Å². The van der Waals surface area contributed by atoms with Crippen LogP contribution in [0.25, 0.3) is 0 Å². The maximum absolute atomic E-state index is 13.8. The number of carbonyl (C=O) groups is 3. The molecular formula is C24H25ClF4N4O3. The number of halogens is 5. The quantitative estimate of drug-likeness (QED) is 0.270. The minimum Gasteiger partial charge on any atom is -0.335 e. The summed E-state index contributed by atoms with van der Waals surface area (Å²) in [5.74, 6) is -3.85. The third kappa shape index (κ3) is 5.30. The van der Waals surface area contributed by atoms with Gasteiger partial charge < -0.3 is 15.1 Å². The molecule has 12 heteroatoms. The molecule has 1 heterocycles. The van der Waals surface area contributed by atoms with Crippen LogP contribution in [0, 0.1) is 11.2 Å². The van der Waals surface area contributed by atoms with Gasteiger partial charge in [0.15, 0.2) is 0 Å². The zero-order valence-electron chi connectivity index (χ0n) is 19.6. The molecule has 3 rings (SSSR count). The summed E-state index contributed by atoms with van der Waals surface area (Å²) in [5.41, 5.74) is -2.03. The number of hydrogen-bond acceptors (Lipinski definition) is 4. The predicted octanol–water partition coefficient (Wildman–Crippen LogP) is 4.16. The number of allylic oxidation sites excluding steroid dienone is 1. The number of benzene rings is 1. The summed E-state index contributed by atoms with van der Waals surface area (Å²) in [6.45, 7) is 6.13. The van der Waals surface area contributed by atoms with Gasteiger partial charge in [-0.3, -0.25) is 19.4 Å². The standard InChI is InChI=1S/C24H25ClF4N4O3/c1-4-16(11-30-5-2)31-20(34)21(35)33-12-14(3)32(22(36)23(8-9-23)24(27,28)29)13-19(33)15-6-7-18(26)17(25)10-15/h4-7,10-11,14,19H,1,8-9,12-13H2,2-3H3,(H,31,34)/b16-11+,30-5?/t14-,19-/m1/s1. The summed E-state index contributed by atoms with van der Waals surface area (Å²) in [6, 6.07) is 1.71. The van der Waals surface area contributed by atoms with Crippen molar-refractivity contribution in [2.24, 2.45) is 10.4 Å². The first-order chi connectivity index (χ1) is 16.9. The molecule has 1 N–H and O–H groups in total. The van der Waals surface area contributed by atoms with Crippen molar-refractivity contribution in [2.45, 2.75) is 44.9 Å². The number of amides is 3. The van der Waals surface area contributed by atoms with Gasteiger partial charge in [0.05, 0.1) is 16.8 Å². The first-order valence-corrected chi connectivity index (χ1v) is 11.5. The maximum Gasteiger partial charge on any atom is 0.403 e. The van der Waals surface area contributed by atoms with Crippen LogP contribution in [0.15, 0.2) is 47.7 Å². The second kappa shape index (κ2) is 10.4. The van der Waals surface area contributed by atoms with Crippen molar-refractivity contribution < 1.29 is 31.9 Å². The van der Waals surface area contributed by atoms with Crippen LogP contribution in [-0.4, -0.2) is 59.0 Å². The predicted molar refractivity (Wildman–Crippen MR) is 125 cm³/mol. The molecule has 2 fully saturated rings. The molecule has 0 radical (unpaired) electrons. The van der Waals surface area contributed by atoms with Gasteiger partial charge in [-0.25, -0.2) is 4.39 Å². The molecule has 36 heavy (non-hydrogen) atoms. The Morgan fingerprint density at radius 3 is 2.42 bits per heavy atom. The highest BCUT2D eigenvalue weighted by Crippen LogP contribution is 2.59. The lowest BCUT2D eigenvalue weighted by Crippen LogP contribution is -2.60. The van der Waals surface area contributed by atoms with E-state index in [1.807, 2.05) is 0 Å². The van der Waals surface area contributed by atoms with Gasteiger partial charge in [-0.05, 0) is 50.5 Å².